The molecule has 158 valence electrons. The summed E-state index contributed by atoms with van der Waals surface area (Å²) in [5.74, 6) is 1.16. The van der Waals surface area contributed by atoms with Crippen LogP contribution in [-0.2, 0) is 6.42 Å². The number of Topliss-reactive ketones (excluding diaryl/α,β-unsaturated/α-hetero) is 1. The number of benzene rings is 3. The lowest BCUT2D eigenvalue weighted by Gasteiger charge is -2.26. The fourth-order valence-electron chi connectivity index (χ4n) is 5.58. The molecule has 3 nitrogen and oxygen atoms in total. The van der Waals surface area contributed by atoms with Crippen molar-refractivity contribution in [2.45, 2.75) is 24.9 Å². The molecule has 5 rings (SSSR count). The molecule has 1 aliphatic heterocycles. The zero-order valence-corrected chi connectivity index (χ0v) is 17.8. The smallest absolute Gasteiger partial charge is 0.176 e. The van der Waals surface area contributed by atoms with Gasteiger partial charge in [0.2, 0.25) is 0 Å². The highest BCUT2D eigenvalue weighted by Gasteiger charge is 2.48. The molecule has 1 saturated carbocycles. The zero-order chi connectivity index (χ0) is 21.3. The molecule has 3 aromatic rings. The average Bonchev–Trinajstić information content (AvgIpc) is 3.28. The molecule has 3 aromatic carbocycles. The third kappa shape index (κ3) is 4.48. The highest BCUT2D eigenvalue weighted by Crippen LogP contribution is 2.45. The van der Waals surface area contributed by atoms with E-state index in [9.17, 15) is 9.90 Å². The molecule has 0 radical (unpaired) electrons. The van der Waals surface area contributed by atoms with Crippen LogP contribution in [0.3, 0.4) is 0 Å². The summed E-state index contributed by atoms with van der Waals surface area (Å²) in [6.45, 7) is 2.29. The SMILES string of the molecule is O=C(CN1C[C@@H]2C[C@](O)(Cc3ccccc3)C[C@@H]2C1)c1ccc(-c2ccccc2)cc1. The van der Waals surface area contributed by atoms with E-state index in [-0.39, 0.29) is 5.78 Å². The number of ketones is 1. The van der Waals surface area contributed by atoms with Gasteiger partial charge in [-0.2, -0.15) is 0 Å². The topological polar surface area (TPSA) is 40.5 Å². The summed E-state index contributed by atoms with van der Waals surface area (Å²) in [4.78, 5) is 15.1. The lowest BCUT2D eigenvalue weighted by Crippen LogP contribution is -2.34. The third-order valence-electron chi connectivity index (χ3n) is 6.99. The molecule has 1 aliphatic carbocycles. The van der Waals surface area contributed by atoms with Crippen LogP contribution >= 0.6 is 0 Å². The van der Waals surface area contributed by atoms with Crippen molar-refractivity contribution in [3.05, 3.63) is 96.1 Å². The molecular formula is C28H29NO2. The monoisotopic (exact) mass is 411 g/mol. The first kappa shape index (κ1) is 20.2. The van der Waals surface area contributed by atoms with Gasteiger partial charge in [-0.1, -0.05) is 84.9 Å². The van der Waals surface area contributed by atoms with Gasteiger partial charge in [-0.05, 0) is 41.4 Å². The molecule has 1 heterocycles. The Morgan fingerprint density at radius 2 is 1.35 bits per heavy atom. The molecule has 2 fully saturated rings. The van der Waals surface area contributed by atoms with Crippen molar-refractivity contribution < 1.29 is 9.90 Å². The maximum absolute atomic E-state index is 12.8. The Hall–Kier alpha value is -2.75. The van der Waals surface area contributed by atoms with Crippen molar-refractivity contribution in [3.8, 4) is 11.1 Å². The number of carbonyl (C=O) groups is 1. The van der Waals surface area contributed by atoms with E-state index in [1.807, 2.05) is 60.7 Å². The number of likely N-dealkylation sites (tertiary alicyclic amines) is 1. The van der Waals surface area contributed by atoms with Gasteiger partial charge in [-0.15, -0.1) is 0 Å². The van der Waals surface area contributed by atoms with Crippen molar-refractivity contribution >= 4 is 5.78 Å². The van der Waals surface area contributed by atoms with Crippen molar-refractivity contribution in [1.82, 2.24) is 4.90 Å². The van der Waals surface area contributed by atoms with E-state index in [1.165, 1.54) is 5.56 Å². The molecular weight excluding hydrogens is 382 g/mol. The Bertz CT molecular complexity index is 1020. The molecule has 0 bridgehead atoms. The van der Waals surface area contributed by atoms with Gasteiger partial charge in [0.05, 0.1) is 12.1 Å². The summed E-state index contributed by atoms with van der Waals surface area (Å²) in [5, 5.41) is 11.1. The van der Waals surface area contributed by atoms with Crippen LogP contribution in [0, 0.1) is 11.8 Å². The largest absolute Gasteiger partial charge is 0.390 e. The molecule has 3 heteroatoms. The second kappa shape index (κ2) is 8.41. The summed E-state index contributed by atoms with van der Waals surface area (Å²) in [6.07, 6.45) is 2.40. The average molecular weight is 412 g/mol. The number of aliphatic hydroxyl groups is 1. The van der Waals surface area contributed by atoms with Gasteiger partial charge < -0.3 is 5.11 Å². The Balaban J connectivity index is 1.16. The molecule has 0 aromatic heterocycles. The van der Waals surface area contributed by atoms with Gasteiger partial charge in [-0.3, -0.25) is 9.69 Å². The summed E-state index contributed by atoms with van der Waals surface area (Å²) < 4.78 is 0. The number of carbonyl (C=O) groups excluding carboxylic acids is 1. The summed E-state index contributed by atoms with van der Waals surface area (Å²) >= 11 is 0. The van der Waals surface area contributed by atoms with Gasteiger partial charge in [-0.25, -0.2) is 0 Å². The Morgan fingerprint density at radius 1 is 0.806 bits per heavy atom. The second-order valence-electron chi connectivity index (χ2n) is 9.38. The van der Waals surface area contributed by atoms with Crippen molar-refractivity contribution in [1.29, 1.82) is 0 Å². The number of fused-ring (bicyclic) bond motifs is 1. The highest BCUT2D eigenvalue weighted by atomic mass is 16.3. The van der Waals surface area contributed by atoms with Crippen molar-refractivity contribution in [2.24, 2.45) is 11.8 Å². The number of rotatable bonds is 6. The van der Waals surface area contributed by atoms with Gasteiger partial charge >= 0.3 is 0 Å². The van der Waals surface area contributed by atoms with E-state index < -0.39 is 5.60 Å². The lowest BCUT2D eigenvalue weighted by atomic mass is 9.91. The minimum Gasteiger partial charge on any atom is -0.390 e. The van der Waals surface area contributed by atoms with Gasteiger partial charge in [0, 0.05) is 25.1 Å². The van der Waals surface area contributed by atoms with Crippen LogP contribution in [0.1, 0.15) is 28.8 Å². The van der Waals surface area contributed by atoms with E-state index in [0.717, 1.165) is 49.0 Å². The van der Waals surface area contributed by atoms with E-state index in [1.54, 1.807) is 0 Å². The van der Waals surface area contributed by atoms with Gasteiger partial charge in [0.15, 0.2) is 5.78 Å². The maximum atomic E-state index is 12.8. The number of hydrogen-bond donors (Lipinski definition) is 1. The van der Waals surface area contributed by atoms with Crippen LogP contribution in [0.5, 0.6) is 0 Å². The predicted molar refractivity (Wildman–Crippen MR) is 124 cm³/mol. The van der Waals surface area contributed by atoms with Crippen molar-refractivity contribution in [3.63, 3.8) is 0 Å². The van der Waals surface area contributed by atoms with Crippen LogP contribution in [0.4, 0.5) is 0 Å². The molecule has 0 amide bonds. The summed E-state index contributed by atoms with van der Waals surface area (Å²) in [5.41, 5.74) is 3.68. The molecule has 0 unspecified atom stereocenters. The summed E-state index contributed by atoms with van der Waals surface area (Å²) in [7, 11) is 0. The molecule has 0 spiro atoms. The van der Waals surface area contributed by atoms with E-state index in [4.69, 9.17) is 0 Å². The lowest BCUT2D eigenvalue weighted by molar-refractivity contribution is 0.0355. The van der Waals surface area contributed by atoms with Crippen LogP contribution in [0.15, 0.2) is 84.9 Å². The molecule has 3 atom stereocenters. The first-order valence-corrected chi connectivity index (χ1v) is 11.3. The van der Waals surface area contributed by atoms with Crippen molar-refractivity contribution in [2.75, 3.05) is 19.6 Å². The predicted octanol–water partition coefficient (Wildman–Crippen LogP) is 4.85. The second-order valence-corrected chi connectivity index (χ2v) is 9.38. The van der Waals surface area contributed by atoms with Gasteiger partial charge in [0.25, 0.3) is 0 Å². The fraction of sp³-hybridized carbons (Fsp3) is 0.321. The minimum absolute atomic E-state index is 0.180. The Labute approximate surface area is 184 Å². The van der Waals surface area contributed by atoms with E-state index >= 15 is 0 Å². The highest BCUT2D eigenvalue weighted by molar-refractivity contribution is 5.98. The normalized spacial score (nSPS) is 25.5. The van der Waals surface area contributed by atoms with Crippen LogP contribution in [-0.4, -0.2) is 41.0 Å². The molecule has 2 aliphatic rings. The fourth-order valence-corrected chi connectivity index (χ4v) is 5.58. The summed E-state index contributed by atoms with van der Waals surface area (Å²) in [6, 6.07) is 28.5. The van der Waals surface area contributed by atoms with E-state index in [2.05, 4.69) is 29.2 Å². The third-order valence-corrected chi connectivity index (χ3v) is 6.99. The minimum atomic E-state index is -0.597. The van der Waals surface area contributed by atoms with Gasteiger partial charge in [0.1, 0.15) is 0 Å². The quantitative estimate of drug-likeness (QED) is 0.590. The van der Waals surface area contributed by atoms with E-state index in [0.29, 0.717) is 18.4 Å². The Morgan fingerprint density at radius 3 is 1.97 bits per heavy atom. The molecule has 1 N–H and O–H groups in total. The molecule has 31 heavy (non-hydrogen) atoms. The first-order valence-electron chi connectivity index (χ1n) is 11.3. The number of nitrogens with zero attached hydrogens (tertiary/aromatic N) is 1. The standard InChI is InChI=1S/C28H29NO2/c30-27(24-13-11-23(12-14-24)22-9-5-2-6-10-22)20-29-18-25-16-28(31,17-26(25)19-29)15-21-7-3-1-4-8-21/h1-14,25-26,31H,15-20H2/t25-,26+,28+. The molecule has 1 saturated heterocycles. The van der Waals surface area contributed by atoms with Crippen LogP contribution < -0.4 is 0 Å². The zero-order valence-electron chi connectivity index (χ0n) is 17.8. The maximum Gasteiger partial charge on any atom is 0.176 e. The first-order chi connectivity index (χ1) is 15.1. The Kier molecular flexibility index (Phi) is 5.47. The van der Waals surface area contributed by atoms with Crippen LogP contribution in [0.2, 0.25) is 0 Å². The van der Waals surface area contributed by atoms with Crippen LogP contribution in [0.25, 0.3) is 11.1 Å². The number of hydrogen-bond acceptors (Lipinski definition) is 3.